The van der Waals surface area contributed by atoms with Crippen LogP contribution >= 0.6 is 0 Å². The molecule has 0 N–H and O–H groups in total. The van der Waals surface area contributed by atoms with E-state index < -0.39 is 35.8 Å². The molecule has 4 aromatic rings. The summed E-state index contributed by atoms with van der Waals surface area (Å²) in [6.07, 6.45) is 0. The highest BCUT2D eigenvalue weighted by Gasteiger charge is 2.56. The number of amides is 3. The van der Waals surface area contributed by atoms with Crippen molar-refractivity contribution in [3.8, 4) is 0 Å². The number of carbonyl (C=O) groups is 5. The molecule has 8 heteroatoms. The molecule has 0 radical (unpaired) electrons. The summed E-state index contributed by atoms with van der Waals surface area (Å²) in [5.41, 5.74) is 2.40. The topological polar surface area (TPSA) is 101 Å². The fourth-order valence-electron chi connectivity index (χ4n) is 5.24. The zero-order chi connectivity index (χ0) is 28.7. The van der Waals surface area contributed by atoms with Crippen LogP contribution in [0.5, 0.6) is 0 Å². The molecule has 2 aliphatic rings. The molecule has 0 spiro atoms. The average Bonchev–Trinajstić information content (AvgIpc) is 3.71. The van der Waals surface area contributed by atoms with Crippen LogP contribution in [0.25, 0.3) is 0 Å². The third kappa shape index (κ3) is 4.49. The summed E-state index contributed by atoms with van der Waals surface area (Å²) in [5.74, 6) is -2.19. The van der Waals surface area contributed by atoms with E-state index in [9.17, 15) is 24.0 Å². The first-order valence-corrected chi connectivity index (χ1v) is 13.2. The smallest absolute Gasteiger partial charge is 0.338 e. The van der Waals surface area contributed by atoms with Gasteiger partial charge in [-0.15, -0.1) is 0 Å². The number of ketones is 1. The van der Waals surface area contributed by atoms with Crippen molar-refractivity contribution in [2.75, 3.05) is 11.5 Å². The van der Waals surface area contributed by atoms with Crippen molar-refractivity contribution in [3.63, 3.8) is 0 Å². The van der Waals surface area contributed by atoms with Crippen molar-refractivity contribution in [2.24, 2.45) is 0 Å². The van der Waals surface area contributed by atoms with Crippen molar-refractivity contribution >= 4 is 35.2 Å². The normalized spacial score (nSPS) is 17.3. The number of anilines is 1. The van der Waals surface area contributed by atoms with Crippen molar-refractivity contribution in [2.45, 2.75) is 19.0 Å². The Balaban J connectivity index is 1.28. The van der Waals surface area contributed by atoms with Crippen molar-refractivity contribution < 1.29 is 28.7 Å². The molecule has 0 saturated carbocycles. The van der Waals surface area contributed by atoms with E-state index >= 15 is 0 Å². The monoisotopic (exact) mass is 544 g/mol. The minimum atomic E-state index is -0.688. The lowest BCUT2D eigenvalue weighted by molar-refractivity contribution is 0.0526. The van der Waals surface area contributed by atoms with Gasteiger partial charge in [0.05, 0.1) is 35.0 Å². The summed E-state index contributed by atoms with van der Waals surface area (Å²) in [4.78, 5) is 68.2. The molecule has 202 valence electrons. The van der Waals surface area contributed by atoms with Crippen LogP contribution < -0.4 is 4.90 Å². The molecule has 8 nitrogen and oxygen atoms in total. The van der Waals surface area contributed by atoms with Crippen molar-refractivity contribution in [1.82, 2.24) is 4.90 Å². The van der Waals surface area contributed by atoms with E-state index in [1.165, 1.54) is 47.4 Å². The molecule has 41 heavy (non-hydrogen) atoms. The van der Waals surface area contributed by atoms with Gasteiger partial charge in [-0.1, -0.05) is 60.7 Å². The first kappa shape index (κ1) is 25.9. The summed E-state index contributed by atoms with van der Waals surface area (Å²) in [6.45, 7) is 1.93. The second-order valence-corrected chi connectivity index (χ2v) is 9.72. The van der Waals surface area contributed by atoms with Gasteiger partial charge in [-0.25, -0.2) is 9.69 Å². The van der Waals surface area contributed by atoms with Crippen LogP contribution in [-0.2, 0) is 4.74 Å². The number of fused-ring (bicyclic) bond motifs is 1. The number of carbonyl (C=O) groups excluding carboxylic acids is 5. The Hall–Kier alpha value is -5.37. The Morgan fingerprint density at radius 1 is 0.707 bits per heavy atom. The van der Waals surface area contributed by atoms with Crippen molar-refractivity contribution in [3.05, 3.63) is 137 Å². The molecule has 4 aromatic carbocycles. The summed E-state index contributed by atoms with van der Waals surface area (Å²) in [7, 11) is 0. The van der Waals surface area contributed by atoms with E-state index in [1.54, 1.807) is 31.2 Å². The second-order valence-electron chi connectivity index (χ2n) is 9.72. The Morgan fingerprint density at radius 3 is 1.98 bits per heavy atom. The third-order valence-electron chi connectivity index (χ3n) is 7.28. The lowest BCUT2D eigenvalue weighted by Crippen LogP contribution is -2.29. The first-order valence-electron chi connectivity index (χ1n) is 13.2. The number of imide groups is 1. The number of esters is 1. The summed E-state index contributed by atoms with van der Waals surface area (Å²) >= 11 is 0. The SMILES string of the molecule is CCOC(=O)c1ccc(N2C(=O)c3ccc(C(=O)N4[C@H](C(=O)c5ccccc5)[C@H]4c4ccccc4)cc3C2=O)cc1. The number of hydrogen-bond donors (Lipinski definition) is 0. The minimum Gasteiger partial charge on any atom is -0.462 e. The molecule has 3 amide bonds. The number of rotatable bonds is 7. The molecule has 2 atom stereocenters. The maximum atomic E-state index is 13.8. The lowest BCUT2D eigenvalue weighted by Gasteiger charge is -2.14. The molecule has 0 unspecified atom stereocenters. The summed E-state index contributed by atoms with van der Waals surface area (Å²) in [6, 6.07) is 27.4. The number of benzene rings is 4. The van der Waals surface area contributed by atoms with Crippen LogP contribution in [-0.4, -0.2) is 47.0 Å². The predicted octanol–water partition coefficient (Wildman–Crippen LogP) is 5.11. The van der Waals surface area contributed by atoms with Gasteiger partial charge in [0.2, 0.25) is 0 Å². The summed E-state index contributed by atoms with van der Waals surface area (Å²) < 4.78 is 4.99. The highest BCUT2D eigenvalue weighted by Crippen LogP contribution is 2.46. The van der Waals surface area contributed by atoms with Crippen LogP contribution in [0.3, 0.4) is 0 Å². The van der Waals surface area contributed by atoms with Crippen LogP contribution in [0, 0.1) is 0 Å². The molecule has 2 aliphatic heterocycles. The number of Topliss-reactive ketones (excluding diaryl/α,β-unsaturated/α-hetero) is 1. The van der Waals surface area contributed by atoms with E-state index in [4.69, 9.17) is 4.74 Å². The number of ether oxygens (including phenoxy) is 1. The van der Waals surface area contributed by atoms with E-state index in [0.29, 0.717) is 16.8 Å². The molecule has 2 heterocycles. The molecular weight excluding hydrogens is 520 g/mol. The molecule has 6 rings (SSSR count). The Bertz CT molecular complexity index is 1700. The fourth-order valence-corrected chi connectivity index (χ4v) is 5.24. The maximum absolute atomic E-state index is 13.8. The molecular formula is C33H24N2O6. The highest BCUT2D eigenvalue weighted by molar-refractivity contribution is 6.34. The highest BCUT2D eigenvalue weighted by atomic mass is 16.5. The van der Waals surface area contributed by atoms with Crippen LogP contribution in [0.4, 0.5) is 5.69 Å². The van der Waals surface area contributed by atoms with Gasteiger partial charge in [-0.05, 0) is 55.0 Å². The van der Waals surface area contributed by atoms with Gasteiger partial charge in [-0.2, -0.15) is 0 Å². The maximum Gasteiger partial charge on any atom is 0.338 e. The van der Waals surface area contributed by atoms with Crippen molar-refractivity contribution in [1.29, 1.82) is 0 Å². The van der Waals surface area contributed by atoms with Gasteiger partial charge in [0.1, 0.15) is 6.04 Å². The molecule has 0 bridgehead atoms. The predicted molar refractivity (Wildman–Crippen MR) is 150 cm³/mol. The van der Waals surface area contributed by atoms with Gasteiger partial charge in [0.25, 0.3) is 17.7 Å². The molecule has 0 aliphatic carbocycles. The average molecular weight is 545 g/mol. The zero-order valence-corrected chi connectivity index (χ0v) is 22.0. The van der Waals surface area contributed by atoms with Crippen LogP contribution in [0.15, 0.2) is 103 Å². The van der Waals surface area contributed by atoms with Gasteiger partial charge >= 0.3 is 5.97 Å². The molecule has 0 aromatic heterocycles. The van der Waals surface area contributed by atoms with E-state index in [-0.39, 0.29) is 29.1 Å². The van der Waals surface area contributed by atoms with Gasteiger partial charge < -0.3 is 9.64 Å². The standard InChI is InChI=1S/C33H24N2O6/c1-2-41-33(40)22-13-16-24(17-14-22)34-31(38)25-18-15-23(19-26(25)32(34)39)30(37)35-27(20-9-5-3-6-10-20)28(35)29(36)21-11-7-4-8-12-21/h3-19,27-28H,2H2,1H3/t27-,28+,35?/m1/s1. The van der Waals surface area contributed by atoms with Gasteiger partial charge in [-0.3, -0.25) is 19.2 Å². The Kier molecular flexibility index (Phi) is 6.51. The minimum absolute atomic E-state index is 0.0966. The fraction of sp³-hybridized carbons (Fsp3) is 0.121. The second kappa shape index (κ2) is 10.3. The number of nitrogens with zero attached hydrogens (tertiary/aromatic N) is 2. The Labute approximate surface area is 235 Å². The number of hydrogen-bond acceptors (Lipinski definition) is 6. The zero-order valence-electron chi connectivity index (χ0n) is 22.0. The molecule has 1 fully saturated rings. The lowest BCUT2D eigenvalue weighted by atomic mass is 10.0. The largest absolute Gasteiger partial charge is 0.462 e. The quantitative estimate of drug-likeness (QED) is 0.139. The van der Waals surface area contributed by atoms with Crippen LogP contribution in [0.1, 0.15) is 70.3 Å². The third-order valence-corrected chi connectivity index (χ3v) is 7.28. The molecule has 1 saturated heterocycles. The van der Waals surface area contributed by atoms with Gasteiger partial charge in [0, 0.05) is 11.1 Å². The van der Waals surface area contributed by atoms with Crippen LogP contribution in [0.2, 0.25) is 0 Å². The Morgan fingerprint density at radius 2 is 1.32 bits per heavy atom. The first-order chi connectivity index (χ1) is 19.9. The van der Waals surface area contributed by atoms with Gasteiger partial charge in [0.15, 0.2) is 5.78 Å². The van der Waals surface area contributed by atoms with E-state index in [2.05, 4.69) is 0 Å². The summed E-state index contributed by atoms with van der Waals surface area (Å²) in [5, 5.41) is 0. The van der Waals surface area contributed by atoms with E-state index in [1.807, 2.05) is 36.4 Å². The van der Waals surface area contributed by atoms with E-state index in [0.717, 1.165) is 10.5 Å².